The van der Waals surface area contributed by atoms with Gasteiger partial charge in [0.25, 0.3) is 5.91 Å². The number of carbonyl (C=O) groups is 1. The summed E-state index contributed by atoms with van der Waals surface area (Å²) >= 11 is 3.36. The van der Waals surface area contributed by atoms with Gasteiger partial charge in [0.2, 0.25) is 0 Å². The molecule has 0 radical (unpaired) electrons. The molecular weight excluding hydrogens is 442 g/mol. The number of nitrogens with one attached hydrogen (secondary N) is 1. The van der Waals surface area contributed by atoms with Crippen molar-refractivity contribution in [2.24, 2.45) is 5.10 Å². The van der Waals surface area contributed by atoms with E-state index in [-0.39, 0.29) is 5.91 Å². The Morgan fingerprint density at radius 3 is 2.53 bits per heavy atom. The lowest BCUT2D eigenvalue weighted by Gasteiger charge is -2.08. The van der Waals surface area contributed by atoms with Crippen LogP contribution in [0.5, 0.6) is 5.75 Å². The highest BCUT2D eigenvalue weighted by molar-refractivity contribution is 9.10. The maximum Gasteiger partial charge on any atom is 0.271 e. The van der Waals surface area contributed by atoms with Crippen LogP contribution >= 0.6 is 15.9 Å². The SMILES string of the molecule is O=C(N/N=C/c1cn(CCOc2ccccc2)c2ccccc12)c1ccc(Br)cc1. The second-order valence-corrected chi connectivity index (χ2v) is 7.58. The predicted octanol–water partition coefficient (Wildman–Crippen LogP) is 5.25. The number of aromatic nitrogens is 1. The summed E-state index contributed by atoms with van der Waals surface area (Å²) in [5, 5.41) is 5.22. The normalized spacial score (nSPS) is 11.1. The molecule has 1 heterocycles. The standard InChI is InChI=1S/C24H20BrN3O2/c25-20-12-10-18(11-13-20)24(29)27-26-16-19-17-28(23-9-5-4-8-22(19)23)14-15-30-21-6-2-1-3-7-21/h1-13,16-17H,14-15H2,(H,27,29)/b26-16+. The van der Waals surface area contributed by atoms with Gasteiger partial charge in [0.1, 0.15) is 12.4 Å². The van der Waals surface area contributed by atoms with Gasteiger partial charge in [-0.1, -0.05) is 52.3 Å². The first-order chi connectivity index (χ1) is 14.7. The van der Waals surface area contributed by atoms with Crippen LogP contribution in [-0.2, 0) is 6.54 Å². The van der Waals surface area contributed by atoms with Crippen molar-refractivity contribution in [1.82, 2.24) is 9.99 Å². The minimum Gasteiger partial charge on any atom is -0.492 e. The van der Waals surface area contributed by atoms with E-state index in [4.69, 9.17) is 4.74 Å². The molecule has 1 aromatic heterocycles. The molecule has 0 fully saturated rings. The number of nitrogens with zero attached hydrogens (tertiary/aromatic N) is 2. The third-order valence-corrected chi connectivity index (χ3v) is 5.17. The van der Waals surface area contributed by atoms with Crippen LogP contribution < -0.4 is 10.2 Å². The van der Waals surface area contributed by atoms with E-state index in [1.54, 1.807) is 18.3 Å². The third kappa shape index (κ3) is 4.78. The van der Waals surface area contributed by atoms with E-state index in [0.717, 1.165) is 26.7 Å². The molecule has 0 saturated heterocycles. The Morgan fingerprint density at radius 1 is 1.00 bits per heavy atom. The molecule has 0 aliphatic rings. The predicted molar refractivity (Wildman–Crippen MR) is 123 cm³/mol. The molecule has 5 nitrogen and oxygen atoms in total. The monoisotopic (exact) mass is 461 g/mol. The molecule has 6 heteroatoms. The first-order valence-electron chi connectivity index (χ1n) is 9.55. The van der Waals surface area contributed by atoms with E-state index in [1.807, 2.05) is 66.9 Å². The highest BCUT2D eigenvalue weighted by Crippen LogP contribution is 2.20. The van der Waals surface area contributed by atoms with Gasteiger partial charge in [0.05, 0.1) is 12.8 Å². The van der Waals surface area contributed by atoms with E-state index in [2.05, 4.69) is 37.1 Å². The van der Waals surface area contributed by atoms with Crippen molar-refractivity contribution in [2.45, 2.75) is 6.54 Å². The second-order valence-electron chi connectivity index (χ2n) is 6.66. The van der Waals surface area contributed by atoms with E-state index in [9.17, 15) is 4.79 Å². The number of fused-ring (bicyclic) bond motifs is 1. The van der Waals surface area contributed by atoms with Crippen LogP contribution in [-0.4, -0.2) is 23.3 Å². The van der Waals surface area contributed by atoms with E-state index < -0.39 is 0 Å². The minimum atomic E-state index is -0.251. The maximum absolute atomic E-state index is 12.2. The number of benzene rings is 3. The molecule has 1 N–H and O–H groups in total. The Balaban J connectivity index is 1.45. The largest absolute Gasteiger partial charge is 0.492 e. The maximum atomic E-state index is 12.2. The molecule has 1 amide bonds. The fourth-order valence-electron chi connectivity index (χ4n) is 3.17. The number of rotatable bonds is 7. The minimum absolute atomic E-state index is 0.251. The summed E-state index contributed by atoms with van der Waals surface area (Å²) in [4.78, 5) is 12.2. The average Bonchev–Trinajstić information content (AvgIpc) is 3.13. The van der Waals surface area contributed by atoms with Crippen molar-refractivity contribution >= 4 is 39.0 Å². The quantitative estimate of drug-likeness (QED) is 0.302. The summed E-state index contributed by atoms with van der Waals surface area (Å²) < 4.78 is 8.88. The zero-order valence-corrected chi connectivity index (χ0v) is 17.7. The smallest absolute Gasteiger partial charge is 0.271 e. The molecule has 0 bridgehead atoms. The highest BCUT2D eigenvalue weighted by atomic mass is 79.9. The van der Waals surface area contributed by atoms with Gasteiger partial charge in [-0.2, -0.15) is 5.10 Å². The number of hydrazone groups is 1. The van der Waals surface area contributed by atoms with Crippen molar-refractivity contribution in [2.75, 3.05) is 6.61 Å². The fourth-order valence-corrected chi connectivity index (χ4v) is 3.43. The van der Waals surface area contributed by atoms with Gasteiger partial charge in [0, 0.05) is 32.7 Å². The number of amides is 1. The zero-order chi connectivity index (χ0) is 20.8. The first-order valence-corrected chi connectivity index (χ1v) is 10.3. The van der Waals surface area contributed by atoms with Crippen LogP contribution in [0.3, 0.4) is 0 Å². The second kappa shape index (κ2) is 9.41. The summed E-state index contributed by atoms with van der Waals surface area (Å²) in [6, 6.07) is 25.0. The molecule has 3 aromatic carbocycles. The molecule has 0 atom stereocenters. The molecule has 150 valence electrons. The van der Waals surface area contributed by atoms with Crippen LogP contribution in [0.25, 0.3) is 10.9 Å². The molecule has 30 heavy (non-hydrogen) atoms. The van der Waals surface area contributed by atoms with Crippen LogP contribution in [0.15, 0.2) is 94.6 Å². The van der Waals surface area contributed by atoms with Crippen molar-refractivity contribution in [3.8, 4) is 5.75 Å². The van der Waals surface area contributed by atoms with Gasteiger partial charge < -0.3 is 9.30 Å². The topological polar surface area (TPSA) is 55.6 Å². The van der Waals surface area contributed by atoms with Crippen LogP contribution in [0.1, 0.15) is 15.9 Å². The summed E-state index contributed by atoms with van der Waals surface area (Å²) in [6.07, 6.45) is 3.70. The summed E-state index contributed by atoms with van der Waals surface area (Å²) in [7, 11) is 0. The van der Waals surface area contributed by atoms with Crippen LogP contribution in [0, 0.1) is 0 Å². The number of hydrogen-bond acceptors (Lipinski definition) is 3. The number of halogens is 1. The first kappa shape index (κ1) is 19.9. The Morgan fingerprint density at radius 2 is 1.73 bits per heavy atom. The molecule has 4 aromatic rings. The molecule has 0 saturated carbocycles. The number of para-hydroxylation sites is 2. The lowest BCUT2D eigenvalue weighted by Crippen LogP contribution is -2.17. The Labute approximate surface area is 183 Å². The molecule has 0 spiro atoms. The summed E-state index contributed by atoms with van der Waals surface area (Å²) in [6.45, 7) is 1.26. The third-order valence-electron chi connectivity index (χ3n) is 4.64. The van der Waals surface area contributed by atoms with Gasteiger partial charge in [-0.3, -0.25) is 4.79 Å². The van der Waals surface area contributed by atoms with Crippen molar-refractivity contribution in [1.29, 1.82) is 0 Å². The van der Waals surface area contributed by atoms with E-state index in [0.29, 0.717) is 18.7 Å². The molecule has 0 aliphatic carbocycles. The van der Waals surface area contributed by atoms with Crippen LogP contribution in [0.2, 0.25) is 0 Å². The summed E-state index contributed by atoms with van der Waals surface area (Å²) in [5.74, 6) is 0.602. The highest BCUT2D eigenvalue weighted by Gasteiger charge is 2.08. The number of carbonyl (C=O) groups excluding carboxylic acids is 1. The summed E-state index contributed by atoms with van der Waals surface area (Å²) in [5.41, 5.74) is 5.16. The Hall–Kier alpha value is -3.38. The van der Waals surface area contributed by atoms with E-state index >= 15 is 0 Å². The molecule has 4 rings (SSSR count). The van der Waals surface area contributed by atoms with Crippen molar-refractivity contribution in [3.63, 3.8) is 0 Å². The number of ether oxygens (including phenoxy) is 1. The van der Waals surface area contributed by atoms with Gasteiger partial charge in [-0.25, -0.2) is 5.43 Å². The lowest BCUT2D eigenvalue weighted by molar-refractivity contribution is 0.0955. The van der Waals surface area contributed by atoms with Crippen LogP contribution in [0.4, 0.5) is 0 Å². The molecule has 0 unspecified atom stereocenters. The average molecular weight is 462 g/mol. The Kier molecular flexibility index (Phi) is 6.25. The Bertz CT molecular complexity index is 1170. The number of hydrogen-bond donors (Lipinski definition) is 1. The zero-order valence-electron chi connectivity index (χ0n) is 16.2. The fraction of sp³-hybridized carbons (Fsp3) is 0.0833. The van der Waals surface area contributed by atoms with E-state index in [1.165, 1.54) is 0 Å². The van der Waals surface area contributed by atoms with Gasteiger partial charge in [0.15, 0.2) is 0 Å². The lowest BCUT2D eigenvalue weighted by atomic mass is 10.2. The van der Waals surface area contributed by atoms with Crippen molar-refractivity contribution in [3.05, 3.63) is 101 Å². The van der Waals surface area contributed by atoms with Gasteiger partial charge in [-0.05, 0) is 42.5 Å². The van der Waals surface area contributed by atoms with Crippen molar-refractivity contribution < 1.29 is 9.53 Å². The van der Waals surface area contributed by atoms with Gasteiger partial charge >= 0.3 is 0 Å². The molecular formula is C24H20BrN3O2. The van der Waals surface area contributed by atoms with Gasteiger partial charge in [-0.15, -0.1) is 0 Å². The molecule has 0 aliphatic heterocycles.